The molecule has 1 aliphatic heterocycles. The molecule has 0 radical (unpaired) electrons. The average molecular weight is 381 g/mol. The zero-order chi connectivity index (χ0) is 16.6. The molecule has 1 saturated carbocycles. The maximum Gasteiger partial charge on any atom is 0.414 e. The van der Waals surface area contributed by atoms with E-state index in [-0.39, 0.29) is 24.1 Å². The van der Waals surface area contributed by atoms with Crippen LogP contribution in [0.5, 0.6) is 0 Å². The van der Waals surface area contributed by atoms with Gasteiger partial charge in [0.05, 0.1) is 17.4 Å². The Labute approximate surface area is 144 Å². The summed E-state index contributed by atoms with van der Waals surface area (Å²) in [5.41, 5.74) is 1.47. The Bertz CT molecular complexity index is 628. The van der Waals surface area contributed by atoms with Crippen LogP contribution in [0, 0.1) is 0 Å². The molecular weight excluding hydrogens is 360 g/mol. The molecule has 0 N–H and O–H groups in total. The van der Waals surface area contributed by atoms with Crippen LogP contribution in [0.3, 0.4) is 0 Å². The van der Waals surface area contributed by atoms with E-state index < -0.39 is 0 Å². The Morgan fingerprint density at radius 3 is 2.57 bits per heavy atom. The van der Waals surface area contributed by atoms with E-state index in [9.17, 15) is 9.59 Å². The Balaban J connectivity index is 1.91. The molecule has 1 unspecified atom stereocenters. The quantitative estimate of drug-likeness (QED) is 0.736. The van der Waals surface area contributed by atoms with Gasteiger partial charge in [-0.1, -0.05) is 15.9 Å². The molecule has 6 heteroatoms. The Morgan fingerprint density at radius 1 is 1.22 bits per heavy atom. The third-order valence-corrected chi connectivity index (χ3v) is 5.00. The van der Waals surface area contributed by atoms with E-state index in [0.29, 0.717) is 6.54 Å². The molecule has 5 nitrogen and oxygen atoms in total. The van der Waals surface area contributed by atoms with E-state index in [0.717, 1.165) is 41.5 Å². The number of carbonyl (C=O) groups excluding carboxylic acids is 2. The van der Waals surface area contributed by atoms with Crippen molar-refractivity contribution in [3.63, 3.8) is 0 Å². The van der Waals surface area contributed by atoms with Gasteiger partial charge >= 0.3 is 6.09 Å². The molecular formula is C17H21BrN2O3. The van der Waals surface area contributed by atoms with Crippen LogP contribution in [0.25, 0.3) is 0 Å². The Morgan fingerprint density at radius 2 is 1.91 bits per heavy atom. The number of halogens is 1. The summed E-state index contributed by atoms with van der Waals surface area (Å²) in [5.74, 6) is -0.0233. The number of fused-ring (bicyclic) bond motifs is 1. The molecule has 1 aliphatic carbocycles. The third kappa shape index (κ3) is 3.22. The fraction of sp³-hybridized carbons (Fsp3) is 0.529. The molecule has 0 spiro atoms. The lowest BCUT2D eigenvalue weighted by Crippen LogP contribution is -2.51. The van der Waals surface area contributed by atoms with E-state index in [1.165, 1.54) is 0 Å². The van der Waals surface area contributed by atoms with Crippen LogP contribution >= 0.6 is 15.9 Å². The van der Waals surface area contributed by atoms with Crippen molar-refractivity contribution in [1.82, 2.24) is 0 Å². The van der Waals surface area contributed by atoms with Crippen molar-refractivity contribution < 1.29 is 14.3 Å². The van der Waals surface area contributed by atoms with Gasteiger partial charge in [0.15, 0.2) is 0 Å². The number of hydrogen-bond acceptors (Lipinski definition) is 3. The summed E-state index contributed by atoms with van der Waals surface area (Å²) in [6, 6.07) is 5.53. The Kier molecular flexibility index (Phi) is 4.62. The molecule has 124 valence electrons. The lowest BCUT2D eigenvalue weighted by Gasteiger charge is -2.40. The number of nitrogens with zero attached hydrogens (tertiary/aromatic N) is 2. The number of rotatable bonds is 1. The predicted molar refractivity (Wildman–Crippen MR) is 92.8 cm³/mol. The maximum atomic E-state index is 12.6. The summed E-state index contributed by atoms with van der Waals surface area (Å²) in [7, 11) is 0. The molecule has 1 heterocycles. The van der Waals surface area contributed by atoms with Crippen molar-refractivity contribution in [1.29, 1.82) is 0 Å². The zero-order valence-corrected chi connectivity index (χ0v) is 15.0. The van der Waals surface area contributed by atoms with E-state index >= 15 is 0 Å². The first-order valence-corrected chi connectivity index (χ1v) is 8.84. The summed E-state index contributed by atoms with van der Waals surface area (Å²) in [6.45, 7) is 3.94. The minimum absolute atomic E-state index is 0.0233. The summed E-state index contributed by atoms with van der Waals surface area (Å²) >= 11 is 3.45. The van der Waals surface area contributed by atoms with Gasteiger partial charge in [-0.2, -0.15) is 0 Å². The highest BCUT2D eigenvalue weighted by molar-refractivity contribution is 9.10. The van der Waals surface area contributed by atoms with Crippen molar-refractivity contribution in [2.24, 2.45) is 0 Å². The molecule has 23 heavy (non-hydrogen) atoms. The largest absolute Gasteiger partial charge is 0.446 e. The minimum atomic E-state index is -0.314. The normalized spacial score (nSPS) is 21.3. The van der Waals surface area contributed by atoms with Gasteiger partial charge in [0.25, 0.3) is 0 Å². The maximum absolute atomic E-state index is 12.6. The molecule has 0 bridgehead atoms. The number of ether oxygens (including phenoxy) is 1. The minimum Gasteiger partial charge on any atom is -0.446 e. The predicted octanol–water partition coefficient (Wildman–Crippen LogP) is 4.09. The van der Waals surface area contributed by atoms with Crippen LogP contribution in [0.1, 0.15) is 39.5 Å². The van der Waals surface area contributed by atoms with Crippen molar-refractivity contribution in [3.8, 4) is 0 Å². The van der Waals surface area contributed by atoms with Crippen molar-refractivity contribution in [2.45, 2.75) is 51.7 Å². The second kappa shape index (κ2) is 6.51. The lowest BCUT2D eigenvalue weighted by atomic mass is 10.1. The molecule has 1 aromatic carbocycles. The summed E-state index contributed by atoms with van der Waals surface area (Å²) in [5, 5.41) is 0. The molecule has 1 aromatic rings. The molecule has 0 aromatic heterocycles. The fourth-order valence-electron chi connectivity index (χ4n) is 3.46. The first kappa shape index (κ1) is 16.3. The van der Waals surface area contributed by atoms with E-state index in [1.807, 2.05) is 25.1 Å². The number of carbonyl (C=O) groups is 2. The first-order valence-electron chi connectivity index (χ1n) is 8.05. The topological polar surface area (TPSA) is 49.9 Å². The van der Waals surface area contributed by atoms with Crippen molar-refractivity contribution >= 4 is 39.3 Å². The fourth-order valence-corrected chi connectivity index (χ4v) is 3.81. The zero-order valence-electron chi connectivity index (χ0n) is 13.4. The van der Waals surface area contributed by atoms with Gasteiger partial charge in [0, 0.05) is 17.9 Å². The average Bonchev–Trinajstić information content (AvgIpc) is 2.99. The van der Waals surface area contributed by atoms with Crippen LogP contribution in [0.2, 0.25) is 0 Å². The summed E-state index contributed by atoms with van der Waals surface area (Å²) in [4.78, 5) is 28.0. The summed E-state index contributed by atoms with van der Waals surface area (Å²) in [6.07, 6.45) is 3.84. The second-order valence-corrected chi connectivity index (χ2v) is 7.19. The first-order chi connectivity index (χ1) is 11.0. The Hall–Kier alpha value is -1.56. The van der Waals surface area contributed by atoms with E-state index in [2.05, 4.69) is 15.9 Å². The second-order valence-electron chi connectivity index (χ2n) is 6.27. The molecule has 1 fully saturated rings. The van der Waals surface area contributed by atoms with Crippen LogP contribution in [0.4, 0.5) is 16.2 Å². The van der Waals surface area contributed by atoms with Gasteiger partial charge in [-0.15, -0.1) is 0 Å². The monoisotopic (exact) mass is 380 g/mol. The van der Waals surface area contributed by atoms with E-state index in [4.69, 9.17) is 4.74 Å². The molecule has 3 rings (SSSR count). The summed E-state index contributed by atoms with van der Waals surface area (Å²) < 4.78 is 6.53. The van der Waals surface area contributed by atoms with Gasteiger partial charge < -0.3 is 9.64 Å². The van der Waals surface area contributed by atoms with Gasteiger partial charge in [-0.25, -0.2) is 4.79 Å². The van der Waals surface area contributed by atoms with Crippen LogP contribution in [0.15, 0.2) is 22.7 Å². The smallest absolute Gasteiger partial charge is 0.414 e. The van der Waals surface area contributed by atoms with Gasteiger partial charge in [0.2, 0.25) is 5.91 Å². The van der Waals surface area contributed by atoms with Crippen LogP contribution in [-0.4, -0.2) is 30.7 Å². The van der Waals surface area contributed by atoms with E-state index in [1.54, 1.807) is 16.7 Å². The number of benzene rings is 1. The van der Waals surface area contributed by atoms with Gasteiger partial charge in [-0.3, -0.25) is 9.69 Å². The van der Waals surface area contributed by atoms with Crippen LogP contribution in [-0.2, 0) is 9.53 Å². The highest BCUT2D eigenvalue weighted by Crippen LogP contribution is 2.38. The van der Waals surface area contributed by atoms with Crippen molar-refractivity contribution in [3.05, 3.63) is 22.7 Å². The number of amides is 2. The molecule has 0 saturated heterocycles. The highest BCUT2D eigenvalue weighted by Gasteiger charge is 2.35. The van der Waals surface area contributed by atoms with Gasteiger partial charge in [-0.05, 0) is 50.8 Å². The molecule has 2 amide bonds. The van der Waals surface area contributed by atoms with Gasteiger partial charge in [0.1, 0.15) is 6.10 Å². The SMILES string of the molecule is CC(=O)N1c2ccc(Br)cc2N(C(=O)OC2CCCC2)CC1C. The van der Waals surface area contributed by atoms with Crippen molar-refractivity contribution in [2.75, 3.05) is 16.3 Å². The standard InChI is InChI=1S/C17H21BrN2O3/c1-11-10-19(17(22)23-14-5-3-4-6-14)16-9-13(18)7-8-15(16)20(11)12(2)21/h7-9,11,14H,3-6,10H2,1-2H3. The number of hydrogen-bond donors (Lipinski definition) is 0. The van der Waals surface area contributed by atoms with Crippen LogP contribution < -0.4 is 9.80 Å². The lowest BCUT2D eigenvalue weighted by molar-refractivity contribution is -0.117. The highest BCUT2D eigenvalue weighted by atomic mass is 79.9. The number of anilines is 2. The third-order valence-electron chi connectivity index (χ3n) is 4.50. The molecule has 2 aliphatic rings. The molecule has 1 atom stereocenters.